The van der Waals surface area contributed by atoms with E-state index in [2.05, 4.69) is 5.16 Å². The van der Waals surface area contributed by atoms with Gasteiger partial charge in [0.15, 0.2) is 0 Å². The van der Waals surface area contributed by atoms with Gasteiger partial charge in [0.1, 0.15) is 0 Å². The fourth-order valence-corrected chi connectivity index (χ4v) is 1.22. The molecule has 1 heterocycles. The fraction of sp³-hybridized carbons (Fsp3) is 0.100. The lowest BCUT2D eigenvalue weighted by Crippen LogP contribution is -1.90. The second-order valence-electron chi connectivity index (χ2n) is 2.88. The predicted molar refractivity (Wildman–Crippen MR) is 50.2 cm³/mol. The zero-order valence-electron chi connectivity index (χ0n) is 7.10. The summed E-state index contributed by atoms with van der Waals surface area (Å²) in [6, 6.07) is 10.1. The number of rotatable bonds is 2. The number of aromatic nitrogens is 1. The molecule has 66 valence electrons. The van der Waals surface area contributed by atoms with Gasteiger partial charge in [-0.25, -0.2) is 0 Å². The second kappa shape index (κ2) is 3.31. The Balaban J connectivity index is 2.20. The minimum atomic E-state index is 0.406. The lowest BCUT2D eigenvalue weighted by atomic mass is 10.1. The molecule has 0 saturated carbocycles. The van der Waals surface area contributed by atoms with Crippen LogP contribution in [0.4, 0.5) is 5.88 Å². The van der Waals surface area contributed by atoms with Crippen molar-refractivity contribution in [1.82, 2.24) is 5.16 Å². The van der Waals surface area contributed by atoms with Crippen molar-refractivity contribution in [3.8, 4) is 0 Å². The van der Waals surface area contributed by atoms with Gasteiger partial charge in [0, 0.05) is 12.0 Å². The summed E-state index contributed by atoms with van der Waals surface area (Å²) in [5.41, 5.74) is 7.70. The van der Waals surface area contributed by atoms with E-state index in [0.29, 0.717) is 5.88 Å². The molecule has 0 atom stereocenters. The molecule has 1 aromatic heterocycles. The molecule has 0 aliphatic rings. The SMILES string of the molecule is Nc1oncc1Cc1ccccc1. The number of nitrogen functional groups attached to an aromatic ring is 1. The highest BCUT2D eigenvalue weighted by molar-refractivity contribution is 5.37. The van der Waals surface area contributed by atoms with Gasteiger partial charge in [-0.05, 0) is 5.56 Å². The smallest absolute Gasteiger partial charge is 0.225 e. The van der Waals surface area contributed by atoms with Crippen LogP contribution in [0.15, 0.2) is 41.1 Å². The van der Waals surface area contributed by atoms with Crippen molar-refractivity contribution in [3.05, 3.63) is 47.7 Å². The molecule has 0 bridgehead atoms. The van der Waals surface area contributed by atoms with Gasteiger partial charge in [-0.1, -0.05) is 35.5 Å². The van der Waals surface area contributed by atoms with Crippen LogP contribution >= 0.6 is 0 Å². The Morgan fingerprint density at radius 2 is 2.00 bits per heavy atom. The average Bonchev–Trinajstić information content (AvgIpc) is 2.54. The zero-order chi connectivity index (χ0) is 9.10. The molecule has 0 aliphatic carbocycles. The summed E-state index contributed by atoms with van der Waals surface area (Å²) < 4.78 is 4.76. The van der Waals surface area contributed by atoms with Crippen molar-refractivity contribution < 1.29 is 4.52 Å². The maximum absolute atomic E-state index is 5.56. The molecule has 2 N–H and O–H groups in total. The summed E-state index contributed by atoms with van der Waals surface area (Å²) in [5, 5.41) is 3.62. The molecular weight excluding hydrogens is 164 g/mol. The van der Waals surface area contributed by atoms with Gasteiger partial charge < -0.3 is 10.3 Å². The van der Waals surface area contributed by atoms with E-state index >= 15 is 0 Å². The number of nitrogens with two attached hydrogens (primary N) is 1. The number of benzene rings is 1. The summed E-state index contributed by atoms with van der Waals surface area (Å²) in [6.45, 7) is 0. The molecule has 0 spiro atoms. The number of nitrogens with zero attached hydrogens (tertiary/aromatic N) is 1. The standard InChI is InChI=1S/C10H10N2O/c11-10-9(7-12-13-10)6-8-4-2-1-3-5-8/h1-5,7H,6,11H2. The quantitative estimate of drug-likeness (QED) is 0.755. The summed E-state index contributed by atoms with van der Waals surface area (Å²) in [5.74, 6) is 0.406. The molecule has 0 unspecified atom stereocenters. The van der Waals surface area contributed by atoms with Crippen LogP contribution in [0.1, 0.15) is 11.1 Å². The van der Waals surface area contributed by atoms with Crippen LogP contribution in [0.25, 0.3) is 0 Å². The number of anilines is 1. The first kappa shape index (κ1) is 7.86. The van der Waals surface area contributed by atoms with E-state index < -0.39 is 0 Å². The Kier molecular flexibility index (Phi) is 2.00. The topological polar surface area (TPSA) is 52.0 Å². The van der Waals surface area contributed by atoms with Crippen LogP contribution in [0.5, 0.6) is 0 Å². The van der Waals surface area contributed by atoms with Gasteiger partial charge in [0.05, 0.1) is 6.20 Å². The van der Waals surface area contributed by atoms with Gasteiger partial charge in [0.2, 0.25) is 5.88 Å². The van der Waals surface area contributed by atoms with Gasteiger partial charge in [0.25, 0.3) is 0 Å². The third-order valence-electron chi connectivity index (χ3n) is 1.91. The Bertz CT molecular complexity index is 381. The van der Waals surface area contributed by atoms with E-state index in [1.165, 1.54) is 5.56 Å². The second-order valence-corrected chi connectivity index (χ2v) is 2.88. The maximum atomic E-state index is 5.56. The number of hydrogen-bond acceptors (Lipinski definition) is 3. The van der Waals surface area contributed by atoms with Crippen molar-refractivity contribution in [2.45, 2.75) is 6.42 Å². The molecule has 0 radical (unpaired) electrons. The monoisotopic (exact) mass is 174 g/mol. The van der Waals surface area contributed by atoms with E-state index in [-0.39, 0.29) is 0 Å². The molecule has 2 aromatic rings. The van der Waals surface area contributed by atoms with Gasteiger partial charge in [-0.15, -0.1) is 0 Å². The highest BCUT2D eigenvalue weighted by atomic mass is 16.5. The molecule has 2 rings (SSSR count). The van der Waals surface area contributed by atoms with Crippen LogP contribution in [0.2, 0.25) is 0 Å². The Labute approximate surface area is 76.2 Å². The minimum Gasteiger partial charge on any atom is -0.367 e. The largest absolute Gasteiger partial charge is 0.367 e. The third-order valence-corrected chi connectivity index (χ3v) is 1.91. The first-order valence-corrected chi connectivity index (χ1v) is 4.09. The number of hydrogen-bond donors (Lipinski definition) is 1. The Morgan fingerprint density at radius 1 is 1.23 bits per heavy atom. The van der Waals surface area contributed by atoms with E-state index in [9.17, 15) is 0 Å². The van der Waals surface area contributed by atoms with Crippen molar-refractivity contribution in [2.24, 2.45) is 0 Å². The lowest BCUT2D eigenvalue weighted by Gasteiger charge is -1.97. The first-order chi connectivity index (χ1) is 6.36. The predicted octanol–water partition coefficient (Wildman–Crippen LogP) is 1.85. The van der Waals surface area contributed by atoms with E-state index in [1.54, 1.807) is 6.20 Å². The van der Waals surface area contributed by atoms with Crippen molar-refractivity contribution in [1.29, 1.82) is 0 Å². The van der Waals surface area contributed by atoms with Crippen molar-refractivity contribution in [3.63, 3.8) is 0 Å². The van der Waals surface area contributed by atoms with E-state index in [1.807, 2.05) is 30.3 Å². The average molecular weight is 174 g/mol. The molecule has 0 aliphatic heterocycles. The third kappa shape index (κ3) is 1.69. The van der Waals surface area contributed by atoms with Gasteiger partial charge in [-0.3, -0.25) is 0 Å². The Morgan fingerprint density at radius 3 is 2.62 bits per heavy atom. The van der Waals surface area contributed by atoms with Crippen LogP contribution < -0.4 is 5.73 Å². The molecule has 0 saturated heterocycles. The van der Waals surface area contributed by atoms with Gasteiger partial charge in [-0.2, -0.15) is 0 Å². The van der Waals surface area contributed by atoms with Crippen LogP contribution in [0, 0.1) is 0 Å². The van der Waals surface area contributed by atoms with E-state index in [0.717, 1.165) is 12.0 Å². The highest BCUT2D eigenvalue weighted by Crippen LogP contribution is 2.14. The summed E-state index contributed by atoms with van der Waals surface area (Å²) >= 11 is 0. The molecular formula is C10H10N2O. The van der Waals surface area contributed by atoms with Crippen molar-refractivity contribution in [2.75, 3.05) is 5.73 Å². The van der Waals surface area contributed by atoms with Crippen LogP contribution in [-0.2, 0) is 6.42 Å². The Hall–Kier alpha value is -1.77. The molecule has 0 amide bonds. The molecule has 13 heavy (non-hydrogen) atoms. The fourth-order valence-electron chi connectivity index (χ4n) is 1.22. The molecule has 0 fully saturated rings. The minimum absolute atomic E-state index is 0.406. The lowest BCUT2D eigenvalue weighted by molar-refractivity contribution is 0.436. The first-order valence-electron chi connectivity index (χ1n) is 4.09. The molecule has 1 aromatic carbocycles. The summed E-state index contributed by atoms with van der Waals surface area (Å²) in [4.78, 5) is 0. The highest BCUT2D eigenvalue weighted by Gasteiger charge is 2.03. The molecule has 3 nitrogen and oxygen atoms in total. The normalized spacial score (nSPS) is 10.2. The van der Waals surface area contributed by atoms with Crippen LogP contribution in [-0.4, -0.2) is 5.16 Å². The van der Waals surface area contributed by atoms with Crippen LogP contribution in [0.3, 0.4) is 0 Å². The maximum Gasteiger partial charge on any atom is 0.225 e. The summed E-state index contributed by atoms with van der Waals surface area (Å²) in [7, 11) is 0. The van der Waals surface area contributed by atoms with E-state index in [4.69, 9.17) is 10.3 Å². The zero-order valence-corrected chi connectivity index (χ0v) is 7.10. The molecule has 3 heteroatoms. The van der Waals surface area contributed by atoms with Crippen molar-refractivity contribution >= 4 is 5.88 Å². The van der Waals surface area contributed by atoms with Gasteiger partial charge >= 0.3 is 0 Å². The summed E-state index contributed by atoms with van der Waals surface area (Å²) in [6.07, 6.45) is 2.43.